The Kier molecular flexibility index (Phi) is 8.91. The minimum atomic E-state index is -0.595. The van der Waals surface area contributed by atoms with Gasteiger partial charge in [-0.05, 0) is 67.4 Å². The zero-order chi connectivity index (χ0) is 31.6. The third kappa shape index (κ3) is 6.60. The number of hydrogen-bond acceptors (Lipinski definition) is 7. The first-order valence-electron chi connectivity index (χ1n) is 15.4. The third-order valence-electron chi connectivity index (χ3n) is 8.90. The Bertz CT molecular complexity index is 1650. The first-order valence-corrected chi connectivity index (χ1v) is 15.4. The van der Waals surface area contributed by atoms with Gasteiger partial charge < -0.3 is 24.4 Å². The standard InChI is InChI=1S/C34H39F2N5O4/c1-3-25(20-42)41-33(43)40(23-37-41)28-7-5-26(6-8-28)38-14-16-39(17-15-38)27-9-11-29(12-10-27)44-21-34(2)19-32(45-22-34)30-13-4-24(35)18-31(30)36/h4-13,18,23,25,32,42H,3,14-17,19-22H2,1-2H3/t25-,32+,34+/m0/s1. The summed E-state index contributed by atoms with van der Waals surface area (Å²) in [5.74, 6) is -0.411. The highest BCUT2D eigenvalue weighted by atomic mass is 19.1. The van der Waals surface area contributed by atoms with Crippen molar-refractivity contribution in [3.8, 4) is 11.4 Å². The molecule has 238 valence electrons. The lowest BCUT2D eigenvalue weighted by Crippen LogP contribution is -2.46. The molecule has 0 unspecified atom stereocenters. The van der Waals surface area contributed by atoms with Gasteiger partial charge in [-0.1, -0.05) is 19.9 Å². The molecule has 0 saturated carbocycles. The van der Waals surface area contributed by atoms with Crippen LogP contribution in [0.25, 0.3) is 5.69 Å². The van der Waals surface area contributed by atoms with Crippen LogP contribution in [0.3, 0.4) is 0 Å². The van der Waals surface area contributed by atoms with E-state index < -0.39 is 17.7 Å². The molecule has 0 spiro atoms. The number of hydrogen-bond donors (Lipinski definition) is 1. The molecule has 0 radical (unpaired) electrons. The predicted molar refractivity (Wildman–Crippen MR) is 168 cm³/mol. The molecule has 3 aromatic carbocycles. The number of aliphatic hydroxyl groups excluding tert-OH is 1. The van der Waals surface area contributed by atoms with Crippen LogP contribution in [0.15, 0.2) is 77.9 Å². The molecule has 2 aliphatic heterocycles. The molecule has 1 aromatic heterocycles. The van der Waals surface area contributed by atoms with Crippen molar-refractivity contribution in [2.45, 2.75) is 38.8 Å². The van der Waals surface area contributed by atoms with Gasteiger partial charge >= 0.3 is 5.69 Å². The number of nitrogens with zero attached hydrogens (tertiary/aromatic N) is 5. The Morgan fingerprint density at radius 1 is 0.978 bits per heavy atom. The smallest absolute Gasteiger partial charge is 0.350 e. The molecule has 2 fully saturated rings. The topological polar surface area (TPSA) is 85.0 Å². The molecule has 6 rings (SSSR count). The average molecular weight is 620 g/mol. The van der Waals surface area contributed by atoms with Crippen LogP contribution in [-0.4, -0.2) is 65.5 Å². The SMILES string of the molecule is CC[C@@H](CO)n1ncn(-c2ccc(N3CCN(c4ccc(OC[C@]5(C)CO[C@@H](c6ccc(F)cc6F)C5)cc4)CC3)cc2)c1=O. The Morgan fingerprint density at radius 3 is 2.20 bits per heavy atom. The highest BCUT2D eigenvalue weighted by Gasteiger charge is 2.38. The normalized spacial score (nSPS) is 20.9. The average Bonchev–Trinajstić information content (AvgIpc) is 3.64. The maximum Gasteiger partial charge on any atom is 0.350 e. The zero-order valence-electron chi connectivity index (χ0n) is 25.6. The second kappa shape index (κ2) is 13.0. The molecule has 2 aliphatic rings. The minimum absolute atomic E-state index is 0.128. The van der Waals surface area contributed by atoms with Gasteiger partial charge in [0.2, 0.25) is 0 Å². The quantitative estimate of drug-likeness (QED) is 0.264. The van der Waals surface area contributed by atoms with E-state index in [0.29, 0.717) is 31.6 Å². The van der Waals surface area contributed by atoms with E-state index in [-0.39, 0.29) is 23.8 Å². The first-order chi connectivity index (χ1) is 21.8. The summed E-state index contributed by atoms with van der Waals surface area (Å²) in [6, 6.07) is 19.3. The van der Waals surface area contributed by atoms with Gasteiger partial charge in [-0.25, -0.2) is 22.8 Å². The van der Waals surface area contributed by atoms with Crippen LogP contribution in [0.2, 0.25) is 0 Å². The number of anilines is 2. The molecule has 45 heavy (non-hydrogen) atoms. The molecule has 1 N–H and O–H groups in total. The van der Waals surface area contributed by atoms with Crippen LogP contribution < -0.4 is 20.2 Å². The van der Waals surface area contributed by atoms with Gasteiger partial charge in [-0.15, -0.1) is 0 Å². The number of halogens is 2. The minimum Gasteiger partial charge on any atom is -0.493 e. The molecule has 2 saturated heterocycles. The molecular weight excluding hydrogens is 580 g/mol. The lowest BCUT2D eigenvalue weighted by Gasteiger charge is -2.37. The van der Waals surface area contributed by atoms with Crippen molar-refractivity contribution >= 4 is 11.4 Å². The number of piperazine rings is 1. The maximum atomic E-state index is 14.3. The number of benzene rings is 3. The van der Waals surface area contributed by atoms with E-state index in [2.05, 4.69) is 34.0 Å². The van der Waals surface area contributed by atoms with E-state index in [1.807, 2.05) is 43.3 Å². The second-order valence-corrected chi connectivity index (χ2v) is 12.2. The van der Waals surface area contributed by atoms with Crippen LogP contribution >= 0.6 is 0 Å². The number of aliphatic hydroxyl groups is 1. The molecular formula is C34H39F2N5O4. The maximum absolute atomic E-state index is 14.3. The second-order valence-electron chi connectivity index (χ2n) is 12.2. The summed E-state index contributed by atoms with van der Waals surface area (Å²) in [7, 11) is 0. The molecule has 0 bridgehead atoms. The van der Waals surface area contributed by atoms with Gasteiger partial charge in [0.25, 0.3) is 0 Å². The number of aromatic nitrogens is 3. The van der Waals surface area contributed by atoms with Crippen molar-refractivity contribution in [1.82, 2.24) is 14.3 Å². The predicted octanol–water partition coefficient (Wildman–Crippen LogP) is 5.13. The molecule has 0 aliphatic carbocycles. The van der Waals surface area contributed by atoms with Crippen LogP contribution in [0, 0.1) is 17.0 Å². The van der Waals surface area contributed by atoms with Crippen LogP contribution in [0.4, 0.5) is 20.2 Å². The van der Waals surface area contributed by atoms with Crippen molar-refractivity contribution in [1.29, 1.82) is 0 Å². The van der Waals surface area contributed by atoms with Gasteiger partial charge in [-0.2, -0.15) is 5.10 Å². The summed E-state index contributed by atoms with van der Waals surface area (Å²) in [5, 5.41) is 13.7. The molecule has 11 heteroatoms. The summed E-state index contributed by atoms with van der Waals surface area (Å²) in [4.78, 5) is 17.5. The Labute approximate surface area is 261 Å². The lowest BCUT2D eigenvalue weighted by molar-refractivity contribution is 0.0825. The van der Waals surface area contributed by atoms with Crippen molar-refractivity contribution < 1.29 is 23.4 Å². The van der Waals surface area contributed by atoms with E-state index in [1.165, 1.54) is 27.7 Å². The fourth-order valence-corrected chi connectivity index (χ4v) is 6.11. The largest absolute Gasteiger partial charge is 0.493 e. The fourth-order valence-electron chi connectivity index (χ4n) is 6.11. The highest BCUT2D eigenvalue weighted by Crippen LogP contribution is 2.42. The first kappa shape index (κ1) is 30.8. The van der Waals surface area contributed by atoms with Crippen LogP contribution in [0.1, 0.15) is 44.4 Å². The highest BCUT2D eigenvalue weighted by molar-refractivity contribution is 5.54. The zero-order valence-corrected chi connectivity index (χ0v) is 25.6. The van der Waals surface area contributed by atoms with E-state index in [9.17, 15) is 18.7 Å². The lowest BCUT2D eigenvalue weighted by atomic mass is 9.87. The van der Waals surface area contributed by atoms with E-state index in [0.717, 1.165) is 55.1 Å². The van der Waals surface area contributed by atoms with Crippen molar-refractivity contribution in [2.75, 3.05) is 55.8 Å². The molecule has 0 amide bonds. The van der Waals surface area contributed by atoms with Crippen LogP contribution in [-0.2, 0) is 4.74 Å². The summed E-state index contributed by atoms with van der Waals surface area (Å²) >= 11 is 0. The van der Waals surface area contributed by atoms with Crippen molar-refractivity contribution in [2.24, 2.45) is 5.41 Å². The van der Waals surface area contributed by atoms with Gasteiger partial charge in [-0.3, -0.25) is 0 Å². The monoisotopic (exact) mass is 619 g/mol. The van der Waals surface area contributed by atoms with Gasteiger partial charge in [0.1, 0.15) is 23.7 Å². The third-order valence-corrected chi connectivity index (χ3v) is 8.90. The Hall–Kier alpha value is -4.22. The van der Waals surface area contributed by atoms with Crippen LogP contribution in [0.5, 0.6) is 5.75 Å². The van der Waals surface area contributed by atoms with E-state index in [1.54, 1.807) is 0 Å². The van der Waals surface area contributed by atoms with Crippen molar-refractivity contribution in [3.63, 3.8) is 0 Å². The molecule has 4 aromatic rings. The molecule has 9 nitrogen and oxygen atoms in total. The van der Waals surface area contributed by atoms with Gasteiger partial charge in [0.05, 0.1) is 37.7 Å². The summed E-state index contributed by atoms with van der Waals surface area (Å²) in [6.45, 7) is 8.17. The van der Waals surface area contributed by atoms with Gasteiger partial charge in [0.15, 0.2) is 0 Å². The van der Waals surface area contributed by atoms with Crippen molar-refractivity contribution in [3.05, 3.63) is 101 Å². The summed E-state index contributed by atoms with van der Waals surface area (Å²) in [5.41, 5.74) is 2.80. The number of rotatable bonds is 10. The summed E-state index contributed by atoms with van der Waals surface area (Å²) < 4.78 is 42.4. The number of ether oxygens (including phenoxy) is 2. The Morgan fingerprint density at radius 2 is 1.60 bits per heavy atom. The summed E-state index contributed by atoms with van der Waals surface area (Å²) in [6.07, 6.45) is 2.30. The molecule has 3 atom stereocenters. The van der Waals surface area contributed by atoms with E-state index >= 15 is 0 Å². The Balaban J connectivity index is 0.998. The van der Waals surface area contributed by atoms with E-state index in [4.69, 9.17) is 9.47 Å². The molecule has 3 heterocycles. The fraction of sp³-hybridized carbons (Fsp3) is 0.412. The van der Waals surface area contributed by atoms with Gasteiger partial charge in [0, 0.05) is 54.6 Å².